The van der Waals surface area contributed by atoms with Crippen molar-refractivity contribution in [3.63, 3.8) is 0 Å². The Morgan fingerprint density at radius 2 is 1.96 bits per heavy atom. The predicted octanol–water partition coefficient (Wildman–Crippen LogP) is 4.86. The molecule has 2 aromatic carbocycles. The topological polar surface area (TPSA) is 38.3 Å². The van der Waals surface area contributed by atoms with Crippen LogP contribution in [-0.2, 0) is 4.79 Å². The molecule has 3 heteroatoms. The van der Waals surface area contributed by atoms with Crippen LogP contribution < -0.4 is 10.1 Å². The molecule has 1 amide bonds. The first-order chi connectivity index (χ1) is 11.1. The highest BCUT2D eigenvalue weighted by Gasteiger charge is 2.03. The Morgan fingerprint density at radius 3 is 2.61 bits per heavy atom. The van der Waals surface area contributed by atoms with Crippen molar-refractivity contribution in [2.45, 2.75) is 26.2 Å². The molecule has 120 valence electrons. The van der Waals surface area contributed by atoms with Crippen LogP contribution in [0.1, 0.15) is 37.3 Å². The Hall–Kier alpha value is -2.55. The number of carbonyl (C=O) groups is 1. The van der Waals surface area contributed by atoms with Gasteiger partial charge in [0.1, 0.15) is 5.75 Å². The summed E-state index contributed by atoms with van der Waals surface area (Å²) in [5.41, 5.74) is 3.02. The zero-order valence-electron chi connectivity index (χ0n) is 13.9. The molecule has 0 radical (unpaired) electrons. The second kappa shape index (κ2) is 8.18. The number of amides is 1. The fourth-order valence-electron chi connectivity index (χ4n) is 2.23. The zero-order valence-corrected chi connectivity index (χ0v) is 13.9. The van der Waals surface area contributed by atoms with Gasteiger partial charge in [0.15, 0.2) is 0 Å². The molecule has 0 spiro atoms. The van der Waals surface area contributed by atoms with E-state index in [1.807, 2.05) is 36.4 Å². The van der Waals surface area contributed by atoms with Crippen molar-refractivity contribution < 1.29 is 9.53 Å². The lowest BCUT2D eigenvalue weighted by Crippen LogP contribution is -2.07. The Bertz CT molecular complexity index is 674. The Morgan fingerprint density at radius 1 is 1.22 bits per heavy atom. The smallest absolute Gasteiger partial charge is 0.248 e. The molecule has 0 fully saturated rings. The quantitative estimate of drug-likeness (QED) is 0.774. The average molecular weight is 309 g/mol. The van der Waals surface area contributed by atoms with E-state index >= 15 is 0 Å². The minimum Gasteiger partial charge on any atom is -0.497 e. The molecule has 0 bridgehead atoms. The minimum atomic E-state index is -0.149. The lowest BCUT2D eigenvalue weighted by atomic mass is 9.99. The minimum absolute atomic E-state index is 0.149. The molecule has 0 aliphatic carbocycles. The monoisotopic (exact) mass is 309 g/mol. The van der Waals surface area contributed by atoms with Crippen molar-refractivity contribution in [2.75, 3.05) is 12.4 Å². The van der Waals surface area contributed by atoms with Crippen LogP contribution in [0.4, 0.5) is 5.69 Å². The SMILES string of the molecule is CC[C@H](C)c1ccc(NC(=O)/C=C/c2cccc(OC)c2)cc1. The van der Waals surface area contributed by atoms with E-state index in [0.717, 1.165) is 23.4 Å². The third kappa shape index (κ3) is 4.99. The third-order valence-corrected chi connectivity index (χ3v) is 3.88. The molecule has 2 rings (SSSR count). The number of methoxy groups -OCH3 is 1. The highest BCUT2D eigenvalue weighted by molar-refractivity contribution is 6.01. The van der Waals surface area contributed by atoms with E-state index in [-0.39, 0.29) is 5.91 Å². The molecule has 0 heterocycles. The van der Waals surface area contributed by atoms with Crippen molar-refractivity contribution in [3.8, 4) is 5.75 Å². The molecule has 0 aromatic heterocycles. The number of benzene rings is 2. The Kier molecular flexibility index (Phi) is 5.98. The molecule has 1 N–H and O–H groups in total. The van der Waals surface area contributed by atoms with E-state index in [1.165, 1.54) is 11.6 Å². The van der Waals surface area contributed by atoms with Gasteiger partial charge in [-0.1, -0.05) is 38.1 Å². The summed E-state index contributed by atoms with van der Waals surface area (Å²) in [4.78, 5) is 12.0. The van der Waals surface area contributed by atoms with Gasteiger partial charge in [0, 0.05) is 11.8 Å². The van der Waals surface area contributed by atoms with Gasteiger partial charge < -0.3 is 10.1 Å². The number of ether oxygens (including phenoxy) is 1. The largest absolute Gasteiger partial charge is 0.497 e. The number of rotatable bonds is 6. The van der Waals surface area contributed by atoms with E-state index in [4.69, 9.17) is 4.74 Å². The number of nitrogens with one attached hydrogen (secondary N) is 1. The van der Waals surface area contributed by atoms with Crippen molar-refractivity contribution in [2.24, 2.45) is 0 Å². The van der Waals surface area contributed by atoms with Gasteiger partial charge in [-0.15, -0.1) is 0 Å². The van der Waals surface area contributed by atoms with Crippen LogP contribution >= 0.6 is 0 Å². The maximum Gasteiger partial charge on any atom is 0.248 e. The highest BCUT2D eigenvalue weighted by Crippen LogP contribution is 2.20. The molecule has 1 atom stereocenters. The van der Waals surface area contributed by atoms with Crippen LogP contribution in [0, 0.1) is 0 Å². The van der Waals surface area contributed by atoms with Crippen LogP contribution in [0.15, 0.2) is 54.6 Å². The fourth-order valence-corrected chi connectivity index (χ4v) is 2.23. The molecule has 2 aromatic rings. The van der Waals surface area contributed by atoms with Crippen molar-refractivity contribution >= 4 is 17.7 Å². The lowest BCUT2D eigenvalue weighted by Gasteiger charge is -2.09. The van der Waals surface area contributed by atoms with E-state index in [1.54, 1.807) is 13.2 Å². The Balaban J connectivity index is 1.97. The molecule has 0 unspecified atom stereocenters. The Labute approximate surface area is 138 Å². The van der Waals surface area contributed by atoms with Crippen LogP contribution in [0.5, 0.6) is 5.75 Å². The first-order valence-corrected chi connectivity index (χ1v) is 7.85. The molecular weight excluding hydrogens is 286 g/mol. The van der Waals surface area contributed by atoms with Gasteiger partial charge in [0.25, 0.3) is 0 Å². The van der Waals surface area contributed by atoms with Crippen LogP contribution in [0.2, 0.25) is 0 Å². The lowest BCUT2D eigenvalue weighted by molar-refractivity contribution is -0.111. The van der Waals surface area contributed by atoms with Gasteiger partial charge in [-0.2, -0.15) is 0 Å². The third-order valence-electron chi connectivity index (χ3n) is 3.88. The maximum atomic E-state index is 12.0. The normalized spacial score (nSPS) is 12.1. The second-order valence-electron chi connectivity index (χ2n) is 5.53. The number of carbonyl (C=O) groups excluding carboxylic acids is 1. The van der Waals surface area contributed by atoms with Gasteiger partial charge in [-0.05, 0) is 53.8 Å². The molecular formula is C20H23NO2. The molecule has 0 saturated carbocycles. The molecule has 0 aliphatic heterocycles. The first-order valence-electron chi connectivity index (χ1n) is 7.85. The summed E-state index contributed by atoms with van der Waals surface area (Å²) in [5, 5.41) is 2.87. The highest BCUT2D eigenvalue weighted by atomic mass is 16.5. The van der Waals surface area contributed by atoms with E-state index in [2.05, 4.69) is 31.3 Å². The summed E-state index contributed by atoms with van der Waals surface area (Å²) < 4.78 is 5.16. The molecule has 0 aliphatic rings. The maximum absolute atomic E-state index is 12.0. The van der Waals surface area contributed by atoms with Gasteiger partial charge in [-0.3, -0.25) is 4.79 Å². The van der Waals surface area contributed by atoms with E-state index in [0.29, 0.717) is 5.92 Å². The average Bonchev–Trinajstić information content (AvgIpc) is 2.60. The van der Waals surface area contributed by atoms with Crippen molar-refractivity contribution in [3.05, 3.63) is 65.7 Å². The van der Waals surface area contributed by atoms with E-state index < -0.39 is 0 Å². The summed E-state index contributed by atoms with van der Waals surface area (Å²) in [6.07, 6.45) is 4.40. The molecule has 3 nitrogen and oxygen atoms in total. The predicted molar refractivity (Wildman–Crippen MR) is 95.8 cm³/mol. The van der Waals surface area contributed by atoms with E-state index in [9.17, 15) is 4.79 Å². The van der Waals surface area contributed by atoms with Crippen LogP contribution in [0.3, 0.4) is 0 Å². The number of anilines is 1. The first kappa shape index (κ1) is 16.8. The molecule has 23 heavy (non-hydrogen) atoms. The van der Waals surface area contributed by atoms with Gasteiger partial charge in [0.2, 0.25) is 5.91 Å². The second-order valence-corrected chi connectivity index (χ2v) is 5.53. The summed E-state index contributed by atoms with van der Waals surface area (Å²) in [7, 11) is 1.62. The fraction of sp³-hybridized carbons (Fsp3) is 0.250. The standard InChI is InChI=1S/C20H23NO2/c1-4-15(2)17-9-11-18(12-10-17)21-20(22)13-8-16-6-5-7-19(14-16)23-3/h5-15H,4H2,1-3H3,(H,21,22)/b13-8+/t15-/m0/s1. The summed E-state index contributed by atoms with van der Waals surface area (Å²) >= 11 is 0. The van der Waals surface area contributed by atoms with Gasteiger partial charge in [0.05, 0.1) is 7.11 Å². The van der Waals surface area contributed by atoms with Crippen LogP contribution in [0.25, 0.3) is 6.08 Å². The van der Waals surface area contributed by atoms with Gasteiger partial charge >= 0.3 is 0 Å². The number of hydrogen-bond donors (Lipinski definition) is 1. The van der Waals surface area contributed by atoms with Crippen LogP contribution in [-0.4, -0.2) is 13.0 Å². The molecule has 0 saturated heterocycles. The van der Waals surface area contributed by atoms with Crippen molar-refractivity contribution in [1.82, 2.24) is 0 Å². The summed E-state index contributed by atoms with van der Waals surface area (Å²) in [5.74, 6) is 1.16. The van der Waals surface area contributed by atoms with Crippen molar-refractivity contribution in [1.29, 1.82) is 0 Å². The summed E-state index contributed by atoms with van der Waals surface area (Å²) in [6, 6.07) is 15.6. The van der Waals surface area contributed by atoms with Gasteiger partial charge in [-0.25, -0.2) is 0 Å². The number of hydrogen-bond acceptors (Lipinski definition) is 2. The summed E-state index contributed by atoms with van der Waals surface area (Å²) in [6.45, 7) is 4.37. The zero-order chi connectivity index (χ0) is 16.7.